The van der Waals surface area contributed by atoms with Crippen LogP contribution in [0.2, 0.25) is 10.0 Å². The van der Waals surface area contributed by atoms with E-state index in [4.69, 9.17) is 23.2 Å². The topological polar surface area (TPSA) is 17.3 Å². The average molecular weight is 309 g/mol. The van der Waals surface area contributed by atoms with Gasteiger partial charge in [0.05, 0.1) is 21.9 Å². The Labute approximate surface area is 125 Å². The van der Waals surface area contributed by atoms with Gasteiger partial charge in [-0.15, -0.1) is 0 Å². The smallest absolute Gasteiger partial charge is 0.142 e. The lowest BCUT2D eigenvalue weighted by Crippen LogP contribution is -1.95. The summed E-state index contributed by atoms with van der Waals surface area (Å²) in [5, 5.41) is 0.415. The Hall–Kier alpha value is -1.58. The quantitative estimate of drug-likeness (QED) is 0.574. The monoisotopic (exact) mass is 308 g/mol. The van der Waals surface area contributed by atoms with E-state index in [9.17, 15) is 4.39 Å². The molecule has 0 spiro atoms. The Kier molecular flexibility index (Phi) is 3.19. The van der Waals surface area contributed by atoms with Gasteiger partial charge >= 0.3 is 0 Å². The van der Waals surface area contributed by atoms with Crippen LogP contribution in [-0.4, -0.2) is 9.38 Å². The van der Waals surface area contributed by atoms with Crippen molar-refractivity contribution in [1.29, 1.82) is 0 Å². The van der Waals surface area contributed by atoms with Gasteiger partial charge in [-0.1, -0.05) is 23.2 Å². The van der Waals surface area contributed by atoms with Crippen LogP contribution in [0.25, 0.3) is 16.9 Å². The first-order valence-corrected chi connectivity index (χ1v) is 6.82. The Morgan fingerprint density at radius 3 is 2.55 bits per heavy atom. The zero-order valence-corrected chi connectivity index (χ0v) is 12.4. The number of aromatic nitrogens is 2. The molecular formula is C15H11Cl2FN2. The van der Waals surface area contributed by atoms with Crippen molar-refractivity contribution in [2.75, 3.05) is 0 Å². The summed E-state index contributed by atoms with van der Waals surface area (Å²) >= 11 is 11.9. The third kappa shape index (κ3) is 2.07. The number of nitrogens with zero attached hydrogens (tertiary/aromatic N) is 2. The molecular weight excluding hydrogens is 298 g/mol. The van der Waals surface area contributed by atoms with Gasteiger partial charge in [-0.2, -0.15) is 0 Å². The van der Waals surface area contributed by atoms with Crippen molar-refractivity contribution in [2.24, 2.45) is 0 Å². The van der Waals surface area contributed by atoms with Crippen molar-refractivity contribution >= 4 is 28.8 Å². The van der Waals surface area contributed by atoms with Gasteiger partial charge in [0, 0.05) is 11.3 Å². The second-order valence-electron chi connectivity index (χ2n) is 4.76. The van der Waals surface area contributed by atoms with Crippen molar-refractivity contribution < 1.29 is 4.39 Å². The fraction of sp³-hybridized carbons (Fsp3) is 0.133. The first kappa shape index (κ1) is 13.4. The molecule has 0 atom stereocenters. The summed E-state index contributed by atoms with van der Waals surface area (Å²) in [6.07, 6.45) is 1.69. The summed E-state index contributed by atoms with van der Waals surface area (Å²) in [5.41, 5.74) is 4.27. The highest BCUT2D eigenvalue weighted by Crippen LogP contribution is 2.33. The maximum Gasteiger partial charge on any atom is 0.142 e. The molecule has 3 aromatic rings. The molecule has 102 valence electrons. The molecule has 0 fully saturated rings. The number of pyridine rings is 1. The molecule has 0 amide bonds. The van der Waals surface area contributed by atoms with Gasteiger partial charge in [0.15, 0.2) is 0 Å². The van der Waals surface area contributed by atoms with Crippen LogP contribution in [0.4, 0.5) is 4.39 Å². The minimum Gasteiger partial charge on any atom is -0.297 e. The third-order valence-electron chi connectivity index (χ3n) is 3.22. The first-order valence-electron chi connectivity index (χ1n) is 6.07. The number of halogens is 3. The van der Waals surface area contributed by atoms with Gasteiger partial charge in [0.25, 0.3) is 0 Å². The molecule has 0 saturated carbocycles. The molecule has 2 aromatic heterocycles. The molecule has 2 heterocycles. The average Bonchev–Trinajstić information content (AvgIpc) is 2.77. The van der Waals surface area contributed by atoms with Gasteiger partial charge in [0.1, 0.15) is 11.5 Å². The minimum absolute atomic E-state index is 0.0140. The summed E-state index contributed by atoms with van der Waals surface area (Å²) < 4.78 is 15.6. The van der Waals surface area contributed by atoms with Crippen molar-refractivity contribution in [2.45, 2.75) is 13.8 Å². The van der Waals surface area contributed by atoms with E-state index in [0.29, 0.717) is 10.6 Å². The Bertz CT molecular complexity index is 824. The highest BCUT2D eigenvalue weighted by Gasteiger charge is 2.14. The number of aryl methyl sites for hydroxylation is 2. The van der Waals surface area contributed by atoms with Crippen molar-refractivity contribution in [1.82, 2.24) is 9.38 Å². The van der Waals surface area contributed by atoms with Crippen LogP contribution in [-0.2, 0) is 0 Å². The van der Waals surface area contributed by atoms with E-state index in [1.54, 1.807) is 6.20 Å². The standard InChI is InChI=1S/C15H11Cl2FN2/c1-8-3-9(2)20-14(7-19-15(20)4-8)10-5-13(18)12(17)6-11(10)16/h3-7H,1-2H3. The largest absolute Gasteiger partial charge is 0.297 e. The SMILES string of the molecule is Cc1cc(C)n2c(-c3cc(F)c(Cl)cc3Cl)cnc2c1. The lowest BCUT2D eigenvalue weighted by molar-refractivity contribution is 0.628. The molecule has 0 radical (unpaired) electrons. The molecule has 0 aliphatic carbocycles. The Morgan fingerprint density at radius 2 is 1.80 bits per heavy atom. The zero-order valence-electron chi connectivity index (χ0n) is 10.9. The van der Waals surface area contributed by atoms with Gasteiger partial charge in [-0.25, -0.2) is 9.37 Å². The number of benzene rings is 1. The van der Waals surface area contributed by atoms with Gasteiger partial charge < -0.3 is 0 Å². The number of hydrogen-bond acceptors (Lipinski definition) is 1. The lowest BCUT2D eigenvalue weighted by atomic mass is 10.1. The molecule has 3 rings (SSSR count). The normalized spacial score (nSPS) is 11.2. The van der Waals surface area contributed by atoms with E-state index >= 15 is 0 Å². The fourth-order valence-electron chi connectivity index (χ4n) is 2.39. The molecule has 0 aliphatic heterocycles. The highest BCUT2D eigenvalue weighted by atomic mass is 35.5. The summed E-state index contributed by atoms with van der Waals surface area (Å²) in [7, 11) is 0. The maximum atomic E-state index is 13.7. The molecule has 1 aromatic carbocycles. The van der Waals surface area contributed by atoms with Crippen LogP contribution in [0, 0.1) is 19.7 Å². The zero-order chi connectivity index (χ0) is 14.4. The number of fused-ring (bicyclic) bond motifs is 1. The van der Waals surface area contributed by atoms with E-state index in [-0.39, 0.29) is 5.02 Å². The molecule has 0 unspecified atom stereocenters. The minimum atomic E-state index is -0.495. The fourth-order valence-corrected chi connectivity index (χ4v) is 2.87. The van der Waals surface area contributed by atoms with Crippen molar-refractivity contribution in [3.05, 3.63) is 57.6 Å². The van der Waals surface area contributed by atoms with E-state index in [1.165, 1.54) is 12.1 Å². The lowest BCUT2D eigenvalue weighted by Gasteiger charge is -2.09. The van der Waals surface area contributed by atoms with E-state index in [1.807, 2.05) is 30.4 Å². The van der Waals surface area contributed by atoms with Crippen LogP contribution in [0.15, 0.2) is 30.5 Å². The van der Waals surface area contributed by atoms with Crippen LogP contribution >= 0.6 is 23.2 Å². The Morgan fingerprint density at radius 1 is 1.05 bits per heavy atom. The summed E-state index contributed by atoms with van der Waals surface area (Å²) in [6, 6.07) is 6.76. The second kappa shape index (κ2) is 4.76. The van der Waals surface area contributed by atoms with Crippen LogP contribution in [0.1, 0.15) is 11.3 Å². The molecule has 20 heavy (non-hydrogen) atoms. The number of imidazole rings is 1. The first-order chi connectivity index (χ1) is 9.47. The highest BCUT2D eigenvalue weighted by molar-refractivity contribution is 6.36. The molecule has 0 saturated heterocycles. The number of hydrogen-bond donors (Lipinski definition) is 0. The van der Waals surface area contributed by atoms with E-state index in [2.05, 4.69) is 4.98 Å². The maximum absolute atomic E-state index is 13.7. The summed E-state index contributed by atoms with van der Waals surface area (Å²) in [6.45, 7) is 3.99. The molecule has 0 N–H and O–H groups in total. The van der Waals surface area contributed by atoms with Crippen molar-refractivity contribution in [3.63, 3.8) is 0 Å². The van der Waals surface area contributed by atoms with E-state index < -0.39 is 5.82 Å². The van der Waals surface area contributed by atoms with Gasteiger partial charge in [-0.3, -0.25) is 4.40 Å². The molecule has 0 aliphatic rings. The molecule has 2 nitrogen and oxygen atoms in total. The number of rotatable bonds is 1. The predicted octanol–water partition coefficient (Wildman–Crippen LogP) is 5.06. The van der Waals surface area contributed by atoms with Crippen LogP contribution in [0.5, 0.6) is 0 Å². The molecule has 5 heteroatoms. The van der Waals surface area contributed by atoms with Gasteiger partial charge in [-0.05, 0) is 43.7 Å². The summed E-state index contributed by atoms with van der Waals surface area (Å²) in [4.78, 5) is 4.36. The van der Waals surface area contributed by atoms with E-state index in [0.717, 1.165) is 22.6 Å². The van der Waals surface area contributed by atoms with Gasteiger partial charge in [0.2, 0.25) is 0 Å². The Balaban J connectivity index is 2.33. The summed E-state index contributed by atoms with van der Waals surface area (Å²) in [5.74, 6) is -0.495. The third-order valence-corrected chi connectivity index (χ3v) is 3.82. The second-order valence-corrected chi connectivity index (χ2v) is 5.57. The molecule has 0 bridgehead atoms. The van der Waals surface area contributed by atoms with Crippen LogP contribution in [0.3, 0.4) is 0 Å². The predicted molar refractivity (Wildman–Crippen MR) is 80.1 cm³/mol. The van der Waals surface area contributed by atoms with Crippen molar-refractivity contribution in [3.8, 4) is 11.3 Å². The van der Waals surface area contributed by atoms with Crippen LogP contribution < -0.4 is 0 Å².